The van der Waals surface area contributed by atoms with Gasteiger partial charge in [0.15, 0.2) is 0 Å². The molecule has 0 aliphatic rings. The van der Waals surface area contributed by atoms with E-state index in [1.807, 2.05) is 6.92 Å². The first-order valence-corrected chi connectivity index (χ1v) is 5.84. The van der Waals surface area contributed by atoms with E-state index < -0.39 is 0 Å². The van der Waals surface area contributed by atoms with Crippen molar-refractivity contribution >= 4 is 15.9 Å². The number of pyridine rings is 1. The molecule has 88 valence electrons. The molecule has 2 aromatic heterocycles. The molecule has 17 heavy (non-hydrogen) atoms. The number of aryl methyl sites for hydroxylation is 1. The van der Waals surface area contributed by atoms with E-state index in [0.29, 0.717) is 12.3 Å². The van der Waals surface area contributed by atoms with E-state index in [-0.39, 0.29) is 11.4 Å². The molecule has 0 aliphatic carbocycles. The molecule has 0 saturated carbocycles. The first-order valence-electron chi connectivity index (χ1n) is 5.04. The molecular weight excluding hydrogens is 286 g/mol. The molecule has 0 bridgehead atoms. The third-order valence-electron chi connectivity index (χ3n) is 2.12. The Hall–Kier alpha value is -1.69. The van der Waals surface area contributed by atoms with Crippen molar-refractivity contribution < 1.29 is 4.74 Å². The molecular formula is C11H10BrN3O2. The topological polar surface area (TPSA) is 57.0 Å². The van der Waals surface area contributed by atoms with Gasteiger partial charge in [-0.15, -0.1) is 0 Å². The van der Waals surface area contributed by atoms with Crippen LogP contribution in [0.5, 0.6) is 11.6 Å². The number of hydrogen-bond donors (Lipinski definition) is 0. The lowest BCUT2D eigenvalue weighted by molar-refractivity contribution is 0.443. The van der Waals surface area contributed by atoms with E-state index in [1.54, 1.807) is 18.5 Å². The lowest BCUT2D eigenvalue weighted by Gasteiger charge is -2.06. The van der Waals surface area contributed by atoms with Crippen LogP contribution in [0.3, 0.4) is 0 Å². The minimum Gasteiger partial charge on any atom is -0.433 e. The lowest BCUT2D eigenvalue weighted by atomic mass is 10.5. The standard InChI is InChI=1S/C11H10BrN3O2/c1-2-15-4-3-14-10(11(15)16)17-9-5-8(12)6-13-7-9/h3-7H,2H2,1H3. The van der Waals surface area contributed by atoms with Gasteiger partial charge in [-0.3, -0.25) is 9.78 Å². The van der Waals surface area contributed by atoms with Crippen molar-refractivity contribution in [2.75, 3.05) is 0 Å². The summed E-state index contributed by atoms with van der Waals surface area (Å²) in [6.45, 7) is 2.46. The Morgan fingerprint density at radius 2 is 2.29 bits per heavy atom. The number of hydrogen-bond acceptors (Lipinski definition) is 4. The first-order chi connectivity index (χ1) is 8.20. The van der Waals surface area contributed by atoms with Crippen molar-refractivity contribution in [1.82, 2.24) is 14.5 Å². The zero-order valence-electron chi connectivity index (χ0n) is 9.13. The largest absolute Gasteiger partial charge is 0.433 e. The summed E-state index contributed by atoms with van der Waals surface area (Å²) in [6, 6.07) is 1.72. The zero-order chi connectivity index (χ0) is 12.3. The Morgan fingerprint density at radius 3 is 3.00 bits per heavy atom. The first kappa shape index (κ1) is 11.8. The molecule has 0 atom stereocenters. The Balaban J connectivity index is 2.34. The summed E-state index contributed by atoms with van der Waals surface area (Å²) in [7, 11) is 0. The average Bonchev–Trinajstić information content (AvgIpc) is 2.32. The molecule has 0 unspecified atom stereocenters. The van der Waals surface area contributed by atoms with Gasteiger partial charge in [0.05, 0.1) is 6.20 Å². The van der Waals surface area contributed by atoms with Crippen LogP contribution in [0.4, 0.5) is 0 Å². The molecule has 0 fully saturated rings. The summed E-state index contributed by atoms with van der Waals surface area (Å²) in [5.41, 5.74) is -0.255. The second kappa shape index (κ2) is 5.09. The molecule has 2 heterocycles. The van der Waals surface area contributed by atoms with E-state index in [0.717, 1.165) is 4.47 Å². The van der Waals surface area contributed by atoms with Crippen molar-refractivity contribution in [3.8, 4) is 11.6 Å². The number of nitrogens with zero attached hydrogens (tertiary/aromatic N) is 3. The Bertz CT molecular complexity index is 583. The molecule has 5 nitrogen and oxygen atoms in total. The quantitative estimate of drug-likeness (QED) is 0.871. The van der Waals surface area contributed by atoms with Gasteiger partial charge in [0.25, 0.3) is 5.88 Å². The predicted molar refractivity (Wildman–Crippen MR) is 66.2 cm³/mol. The summed E-state index contributed by atoms with van der Waals surface area (Å²) < 4.78 is 7.70. The van der Waals surface area contributed by atoms with Crippen LogP contribution in [0, 0.1) is 0 Å². The van der Waals surface area contributed by atoms with E-state index >= 15 is 0 Å². The minimum atomic E-state index is -0.255. The van der Waals surface area contributed by atoms with Crippen molar-refractivity contribution in [1.29, 1.82) is 0 Å². The number of ether oxygens (including phenoxy) is 1. The normalized spacial score (nSPS) is 10.2. The molecule has 0 saturated heterocycles. The third-order valence-corrected chi connectivity index (χ3v) is 2.55. The highest BCUT2D eigenvalue weighted by atomic mass is 79.9. The highest BCUT2D eigenvalue weighted by molar-refractivity contribution is 9.10. The van der Waals surface area contributed by atoms with Gasteiger partial charge in [-0.2, -0.15) is 0 Å². The zero-order valence-corrected chi connectivity index (χ0v) is 10.7. The molecule has 0 N–H and O–H groups in total. The smallest absolute Gasteiger partial charge is 0.313 e. The summed E-state index contributed by atoms with van der Waals surface area (Å²) in [6.07, 6.45) is 6.31. The van der Waals surface area contributed by atoms with Gasteiger partial charge in [0, 0.05) is 29.6 Å². The van der Waals surface area contributed by atoms with E-state index in [2.05, 4.69) is 25.9 Å². The van der Waals surface area contributed by atoms with Crippen LogP contribution in [0.25, 0.3) is 0 Å². The molecule has 2 aromatic rings. The maximum Gasteiger partial charge on any atom is 0.313 e. The van der Waals surface area contributed by atoms with E-state index in [9.17, 15) is 4.79 Å². The van der Waals surface area contributed by atoms with Crippen LogP contribution in [0.2, 0.25) is 0 Å². The predicted octanol–water partition coefficient (Wildman–Crippen LogP) is 2.21. The van der Waals surface area contributed by atoms with E-state index in [4.69, 9.17) is 4.74 Å². The molecule has 0 aromatic carbocycles. The minimum absolute atomic E-state index is 0.0502. The van der Waals surface area contributed by atoms with Crippen LogP contribution in [0.1, 0.15) is 6.92 Å². The van der Waals surface area contributed by atoms with Crippen LogP contribution in [0.15, 0.2) is 40.1 Å². The van der Waals surface area contributed by atoms with Crippen LogP contribution in [-0.2, 0) is 6.54 Å². The van der Waals surface area contributed by atoms with Crippen LogP contribution in [-0.4, -0.2) is 14.5 Å². The van der Waals surface area contributed by atoms with E-state index in [1.165, 1.54) is 17.0 Å². The van der Waals surface area contributed by atoms with Gasteiger partial charge in [-0.05, 0) is 28.9 Å². The molecule has 2 rings (SSSR count). The average molecular weight is 296 g/mol. The summed E-state index contributed by atoms with van der Waals surface area (Å²) >= 11 is 3.28. The fraction of sp³-hybridized carbons (Fsp3) is 0.182. The van der Waals surface area contributed by atoms with Crippen molar-refractivity contribution in [2.45, 2.75) is 13.5 Å². The highest BCUT2D eigenvalue weighted by Crippen LogP contribution is 2.19. The van der Waals surface area contributed by atoms with Gasteiger partial charge in [0.2, 0.25) is 0 Å². The number of aromatic nitrogens is 3. The van der Waals surface area contributed by atoms with Crippen molar-refractivity contribution in [3.05, 3.63) is 45.7 Å². The Morgan fingerprint density at radius 1 is 1.47 bits per heavy atom. The van der Waals surface area contributed by atoms with Gasteiger partial charge in [-0.1, -0.05) is 0 Å². The van der Waals surface area contributed by atoms with Gasteiger partial charge in [0.1, 0.15) is 5.75 Å². The Labute approximate surface area is 106 Å². The van der Waals surface area contributed by atoms with Gasteiger partial charge >= 0.3 is 5.56 Å². The molecule has 6 heteroatoms. The van der Waals surface area contributed by atoms with Gasteiger partial charge in [-0.25, -0.2) is 4.98 Å². The maximum atomic E-state index is 11.8. The van der Waals surface area contributed by atoms with Crippen molar-refractivity contribution in [2.24, 2.45) is 0 Å². The molecule has 0 amide bonds. The second-order valence-corrected chi connectivity index (χ2v) is 4.18. The molecule has 0 radical (unpaired) electrons. The highest BCUT2D eigenvalue weighted by Gasteiger charge is 2.06. The lowest BCUT2D eigenvalue weighted by Crippen LogP contribution is -2.20. The number of halogens is 1. The fourth-order valence-corrected chi connectivity index (χ4v) is 1.65. The number of rotatable bonds is 3. The van der Waals surface area contributed by atoms with Crippen LogP contribution >= 0.6 is 15.9 Å². The fourth-order valence-electron chi connectivity index (χ4n) is 1.31. The second-order valence-electron chi connectivity index (χ2n) is 3.26. The summed E-state index contributed by atoms with van der Waals surface area (Å²) in [4.78, 5) is 19.7. The van der Waals surface area contributed by atoms with Crippen LogP contribution < -0.4 is 10.3 Å². The van der Waals surface area contributed by atoms with Crippen molar-refractivity contribution in [3.63, 3.8) is 0 Å². The summed E-state index contributed by atoms with van der Waals surface area (Å²) in [5, 5.41) is 0. The summed E-state index contributed by atoms with van der Waals surface area (Å²) in [5.74, 6) is 0.520. The molecule has 0 aliphatic heterocycles. The Kier molecular flexibility index (Phi) is 3.53. The molecule has 0 spiro atoms. The monoisotopic (exact) mass is 295 g/mol. The van der Waals surface area contributed by atoms with Gasteiger partial charge < -0.3 is 9.30 Å². The maximum absolute atomic E-state index is 11.8. The SMILES string of the molecule is CCn1ccnc(Oc2cncc(Br)c2)c1=O. The third kappa shape index (κ3) is 2.71.